The number of halogens is 1. The van der Waals surface area contributed by atoms with Crippen molar-refractivity contribution in [3.8, 4) is 0 Å². The van der Waals surface area contributed by atoms with Crippen molar-refractivity contribution in [1.29, 1.82) is 0 Å². The molecule has 0 amide bonds. The molecule has 3 heteroatoms. The predicted molar refractivity (Wildman–Crippen MR) is 42.3 cm³/mol. The molecule has 0 aliphatic carbocycles. The van der Waals surface area contributed by atoms with Crippen LogP contribution in [0.1, 0.15) is 11.5 Å². The van der Waals surface area contributed by atoms with Crippen LogP contribution in [0.2, 0.25) is 0 Å². The Hall–Kier alpha value is -1.22. The summed E-state index contributed by atoms with van der Waals surface area (Å²) in [7, 11) is 0. The van der Waals surface area contributed by atoms with E-state index in [9.17, 15) is 9.18 Å². The van der Waals surface area contributed by atoms with E-state index in [1.165, 1.54) is 18.2 Å². The third-order valence-electron chi connectivity index (χ3n) is 1.67. The summed E-state index contributed by atoms with van der Waals surface area (Å²) in [6.07, 6.45) is 0.540. The second-order valence-electron chi connectivity index (χ2n) is 2.45. The summed E-state index contributed by atoms with van der Waals surface area (Å²) in [5.41, 5.74) is 0.245. The molecule has 0 bridgehead atoms. The van der Waals surface area contributed by atoms with E-state index in [0.29, 0.717) is 6.29 Å². The van der Waals surface area contributed by atoms with Crippen LogP contribution in [0.25, 0.3) is 0 Å². The molecule has 1 rings (SSSR count). The van der Waals surface area contributed by atoms with Gasteiger partial charge in [-0.2, -0.15) is 0 Å². The van der Waals surface area contributed by atoms with Gasteiger partial charge in [0.05, 0.1) is 12.5 Å². The van der Waals surface area contributed by atoms with Crippen molar-refractivity contribution in [2.24, 2.45) is 0 Å². The number of rotatable bonds is 3. The SMILES string of the molecule is O=CC(CO)c1ccccc1F. The Morgan fingerprint density at radius 2 is 2.17 bits per heavy atom. The Morgan fingerprint density at radius 3 is 2.67 bits per heavy atom. The third kappa shape index (κ3) is 1.68. The Morgan fingerprint density at radius 1 is 1.50 bits per heavy atom. The smallest absolute Gasteiger partial charge is 0.129 e. The number of hydrogen-bond donors (Lipinski definition) is 1. The second kappa shape index (κ2) is 3.97. The summed E-state index contributed by atoms with van der Waals surface area (Å²) >= 11 is 0. The van der Waals surface area contributed by atoms with Crippen molar-refractivity contribution >= 4 is 6.29 Å². The van der Waals surface area contributed by atoms with E-state index in [1.807, 2.05) is 0 Å². The minimum atomic E-state index is -0.744. The van der Waals surface area contributed by atoms with Crippen molar-refractivity contribution in [3.05, 3.63) is 35.6 Å². The van der Waals surface area contributed by atoms with Crippen molar-refractivity contribution in [2.75, 3.05) is 6.61 Å². The first-order chi connectivity index (χ1) is 5.79. The molecule has 1 N–H and O–H groups in total. The molecular weight excluding hydrogens is 159 g/mol. The van der Waals surface area contributed by atoms with Gasteiger partial charge in [-0.1, -0.05) is 18.2 Å². The van der Waals surface area contributed by atoms with Crippen LogP contribution in [0, 0.1) is 5.82 Å². The van der Waals surface area contributed by atoms with Crippen LogP contribution in [0.15, 0.2) is 24.3 Å². The number of aliphatic hydroxyl groups excluding tert-OH is 1. The average molecular weight is 168 g/mol. The zero-order valence-corrected chi connectivity index (χ0v) is 6.40. The van der Waals surface area contributed by atoms with Crippen molar-refractivity contribution in [2.45, 2.75) is 5.92 Å². The molecule has 0 aliphatic heterocycles. The first-order valence-corrected chi connectivity index (χ1v) is 3.60. The van der Waals surface area contributed by atoms with Crippen LogP contribution < -0.4 is 0 Å². The molecule has 12 heavy (non-hydrogen) atoms. The molecule has 1 atom stereocenters. The highest BCUT2D eigenvalue weighted by Crippen LogP contribution is 2.15. The zero-order chi connectivity index (χ0) is 8.97. The Balaban J connectivity index is 3.00. The largest absolute Gasteiger partial charge is 0.395 e. The normalized spacial score (nSPS) is 12.5. The molecule has 1 unspecified atom stereocenters. The van der Waals surface area contributed by atoms with Gasteiger partial charge in [0, 0.05) is 5.56 Å². The molecular formula is C9H9FO2. The molecule has 1 aromatic rings. The van der Waals surface area contributed by atoms with Gasteiger partial charge < -0.3 is 9.90 Å². The predicted octanol–water partition coefficient (Wildman–Crippen LogP) is 1.10. The molecule has 0 aliphatic rings. The minimum absolute atomic E-state index is 0.245. The molecule has 0 aromatic heterocycles. The summed E-state index contributed by atoms with van der Waals surface area (Å²) in [6, 6.07) is 5.93. The standard InChI is InChI=1S/C9H9FO2/c10-9-4-2-1-3-8(9)7(5-11)6-12/h1-5,7,12H,6H2. The maximum absolute atomic E-state index is 12.9. The van der Waals surface area contributed by atoms with Gasteiger partial charge in [0.25, 0.3) is 0 Å². The number of carbonyl (C=O) groups excluding carboxylic acids is 1. The number of hydrogen-bond acceptors (Lipinski definition) is 2. The lowest BCUT2D eigenvalue weighted by Gasteiger charge is -2.06. The lowest BCUT2D eigenvalue weighted by Crippen LogP contribution is -2.07. The molecule has 0 saturated heterocycles. The first-order valence-electron chi connectivity index (χ1n) is 3.60. The van der Waals surface area contributed by atoms with E-state index in [4.69, 9.17) is 5.11 Å². The molecule has 0 radical (unpaired) electrons. The number of benzene rings is 1. The van der Waals surface area contributed by atoms with Crippen LogP contribution in [0.4, 0.5) is 4.39 Å². The van der Waals surface area contributed by atoms with E-state index in [-0.39, 0.29) is 12.2 Å². The number of aliphatic hydroxyl groups is 1. The fourth-order valence-corrected chi connectivity index (χ4v) is 0.990. The van der Waals surface area contributed by atoms with E-state index < -0.39 is 11.7 Å². The molecule has 2 nitrogen and oxygen atoms in total. The summed E-state index contributed by atoms with van der Waals surface area (Å²) in [5.74, 6) is -1.20. The average Bonchev–Trinajstić information content (AvgIpc) is 2.10. The maximum atomic E-state index is 12.9. The summed E-state index contributed by atoms with van der Waals surface area (Å²) < 4.78 is 12.9. The molecule has 0 saturated carbocycles. The first kappa shape index (κ1) is 8.87. The van der Waals surface area contributed by atoms with Crippen molar-refractivity contribution in [3.63, 3.8) is 0 Å². The van der Waals surface area contributed by atoms with Gasteiger partial charge in [-0.3, -0.25) is 0 Å². The third-order valence-corrected chi connectivity index (χ3v) is 1.67. The van der Waals surface area contributed by atoms with Crippen molar-refractivity contribution in [1.82, 2.24) is 0 Å². The van der Waals surface area contributed by atoms with Gasteiger partial charge in [-0.25, -0.2) is 4.39 Å². The number of carbonyl (C=O) groups is 1. The fraction of sp³-hybridized carbons (Fsp3) is 0.222. The van der Waals surface area contributed by atoms with Gasteiger partial charge in [-0.15, -0.1) is 0 Å². The Kier molecular flexibility index (Phi) is 2.94. The quantitative estimate of drug-likeness (QED) is 0.686. The summed E-state index contributed by atoms with van der Waals surface area (Å²) in [4.78, 5) is 10.4. The summed E-state index contributed by atoms with van der Waals surface area (Å²) in [5, 5.41) is 8.71. The van der Waals surface area contributed by atoms with E-state index >= 15 is 0 Å². The molecule has 0 spiro atoms. The summed E-state index contributed by atoms with van der Waals surface area (Å²) in [6.45, 7) is -0.357. The van der Waals surface area contributed by atoms with Crippen LogP contribution >= 0.6 is 0 Å². The minimum Gasteiger partial charge on any atom is -0.395 e. The Labute approximate surface area is 69.6 Å². The lowest BCUT2D eigenvalue weighted by molar-refractivity contribution is -0.109. The molecule has 1 aromatic carbocycles. The highest BCUT2D eigenvalue weighted by Gasteiger charge is 2.12. The van der Waals surface area contributed by atoms with Gasteiger partial charge in [0.2, 0.25) is 0 Å². The van der Waals surface area contributed by atoms with Gasteiger partial charge in [0.15, 0.2) is 0 Å². The second-order valence-corrected chi connectivity index (χ2v) is 2.45. The highest BCUT2D eigenvalue weighted by molar-refractivity contribution is 5.62. The number of aldehydes is 1. The van der Waals surface area contributed by atoms with E-state index in [2.05, 4.69) is 0 Å². The zero-order valence-electron chi connectivity index (χ0n) is 6.40. The highest BCUT2D eigenvalue weighted by atomic mass is 19.1. The lowest BCUT2D eigenvalue weighted by atomic mass is 10.0. The Bertz CT molecular complexity index is 273. The monoisotopic (exact) mass is 168 g/mol. The van der Waals surface area contributed by atoms with E-state index in [0.717, 1.165) is 0 Å². The van der Waals surface area contributed by atoms with Crippen LogP contribution in [0.3, 0.4) is 0 Å². The molecule has 0 heterocycles. The topological polar surface area (TPSA) is 37.3 Å². The van der Waals surface area contributed by atoms with Crippen LogP contribution in [-0.2, 0) is 4.79 Å². The molecule has 64 valence electrons. The van der Waals surface area contributed by atoms with Crippen molar-refractivity contribution < 1.29 is 14.3 Å². The van der Waals surface area contributed by atoms with Crippen LogP contribution in [-0.4, -0.2) is 18.0 Å². The van der Waals surface area contributed by atoms with Crippen LogP contribution in [0.5, 0.6) is 0 Å². The van der Waals surface area contributed by atoms with E-state index in [1.54, 1.807) is 6.07 Å². The fourth-order valence-electron chi connectivity index (χ4n) is 0.990. The van der Waals surface area contributed by atoms with Gasteiger partial charge in [-0.05, 0) is 6.07 Å². The maximum Gasteiger partial charge on any atom is 0.129 e. The van der Waals surface area contributed by atoms with Gasteiger partial charge in [0.1, 0.15) is 12.1 Å². The molecule has 0 fully saturated rings. The van der Waals surface area contributed by atoms with Gasteiger partial charge >= 0.3 is 0 Å².